The van der Waals surface area contributed by atoms with E-state index in [9.17, 15) is 13.2 Å². The van der Waals surface area contributed by atoms with Gasteiger partial charge in [-0.05, 0) is 62.1 Å². The molecular formula is C22H33NO5S. The van der Waals surface area contributed by atoms with Crippen LogP contribution in [0.2, 0.25) is 0 Å². The van der Waals surface area contributed by atoms with Crippen molar-refractivity contribution in [3.63, 3.8) is 0 Å². The summed E-state index contributed by atoms with van der Waals surface area (Å²) in [6.45, 7) is 9.31. The Morgan fingerprint density at radius 3 is 2.41 bits per heavy atom. The standard InChI is InChI=1S/C22H33NO5S/c1-5-27-18-8-7-16(13-19(18)28-6-2)10-12-23-29(25,26)15-22-11-9-17(14-20(22)24)21(22,3)4/h7-8,13,17,23H,5-6,9-12,14-15H2,1-4H3. The molecule has 0 spiro atoms. The SMILES string of the molecule is CCOc1ccc(CCNS(=O)(=O)CC23CCC(CC2=O)C3(C)C)cc1OCC. The van der Waals surface area contributed by atoms with Crippen LogP contribution < -0.4 is 14.2 Å². The topological polar surface area (TPSA) is 81.7 Å². The molecule has 2 unspecified atom stereocenters. The van der Waals surface area contributed by atoms with Crippen molar-refractivity contribution in [3.05, 3.63) is 23.8 Å². The molecule has 0 heterocycles. The van der Waals surface area contributed by atoms with Gasteiger partial charge in [-0.2, -0.15) is 0 Å². The number of benzene rings is 1. The maximum absolute atomic E-state index is 12.8. The van der Waals surface area contributed by atoms with Gasteiger partial charge in [0.2, 0.25) is 10.0 Å². The highest BCUT2D eigenvalue weighted by Gasteiger charge is 2.65. The number of rotatable bonds is 10. The molecule has 2 bridgehead atoms. The number of ether oxygens (including phenoxy) is 2. The van der Waals surface area contributed by atoms with E-state index in [1.54, 1.807) is 0 Å². The van der Waals surface area contributed by atoms with Gasteiger partial charge in [0, 0.05) is 18.4 Å². The summed E-state index contributed by atoms with van der Waals surface area (Å²) in [7, 11) is -3.55. The Balaban J connectivity index is 1.63. The van der Waals surface area contributed by atoms with Gasteiger partial charge in [-0.1, -0.05) is 19.9 Å². The molecule has 1 aromatic rings. The summed E-state index contributed by atoms with van der Waals surface area (Å²) in [6, 6.07) is 5.67. The van der Waals surface area contributed by atoms with Crippen LogP contribution in [-0.4, -0.2) is 39.7 Å². The van der Waals surface area contributed by atoms with Crippen molar-refractivity contribution in [3.8, 4) is 11.5 Å². The Morgan fingerprint density at radius 2 is 1.83 bits per heavy atom. The number of carbonyl (C=O) groups is 1. The van der Waals surface area contributed by atoms with Gasteiger partial charge in [0.25, 0.3) is 0 Å². The first-order valence-corrected chi connectivity index (χ1v) is 12.2. The maximum atomic E-state index is 12.8. The van der Waals surface area contributed by atoms with Gasteiger partial charge in [-0.25, -0.2) is 13.1 Å². The lowest BCUT2D eigenvalue weighted by Gasteiger charge is -2.36. The van der Waals surface area contributed by atoms with E-state index >= 15 is 0 Å². The first-order valence-electron chi connectivity index (χ1n) is 10.5. The molecule has 29 heavy (non-hydrogen) atoms. The van der Waals surface area contributed by atoms with E-state index in [4.69, 9.17) is 9.47 Å². The van der Waals surface area contributed by atoms with Crippen LogP contribution in [0.25, 0.3) is 0 Å². The predicted octanol–water partition coefficient (Wildman–Crippen LogP) is 3.34. The van der Waals surface area contributed by atoms with E-state index in [0.717, 1.165) is 12.0 Å². The van der Waals surface area contributed by atoms with Crippen molar-refractivity contribution in [2.75, 3.05) is 25.5 Å². The van der Waals surface area contributed by atoms with E-state index in [0.29, 0.717) is 49.9 Å². The Bertz CT molecular complexity index is 864. The molecule has 2 fully saturated rings. The number of hydrogen-bond acceptors (Lipinski definition) is 5. The van der Waals surface area contributed by atoms with E-state index in [-0.39, 0.29) is 23.5 Å². The minimum atomic E-state index is -3.55. The minimum absolute atomic E-state index is 0.101. The van der Waals surface area contributed by atoms with Gasteiger partial charge in [0.15, 0.2) is 11.5 Å². The molecule has 3 rings (SSSR count). The molecule has 1 N–H and O–H groups in total. The monoisotopic (exact) mass is 423 g/mol. The van der Waals surface area contributed by atoms with Crippen LogP contribution in [0.1, 0.15) is 52.5 Å². The molecule has 2 aliphatic rings. The van der Waals surface area contributed by atoms with Crippen molar-refractivity contribution < 1.29 is 22.7 Å². The van der Waals surface area contributed by atoms with Gasteiger partial charge in [-0.15, -0.1) is 0 Å². The number of carbonyl (C=O) groups excluding carboxylic acids is 1. The van der Waals surface area contributed by atoms with Gasteiger partial charge in [-0.3, -0.25) is 4.79 Å². The summed E-state index contributed by atoms with van der Waals surface area (Å²) >= 11 is 0. The van der Waals surface area contributed by atoms with Crippen molar-refractivity contribution >= 4 is 15.8 Å². The third-order valence-corrected chi connectivity index (χ3v) is 8.44. The van der Waals surface area contributed by atoms with Crippen molar-refractivity contribution in [1.82, 2.24) is 4.72 Å². The van der Waals surface area contributed by atoms with Crippen LogP contribution in [0.5, 0.6) is 11.5 Å². The molecule has 0 aliphatic heterocycles. The molecule has 0 saturated heterocycles. The molecule has 0 amide bonds. The first-order chi connectivity index (χ1) is 13.6. The second kappa shape index (κ2) is 8.26. The van der Waals surface area contributed by atoms with E-state index in [1.807, 2.05) is 32.0 Å². The Hall–Kier alpha value is -1.60. The highest BCUT2D eigenvalue weighted by atomic mass is 32.2. The summed E-state index contributed by atoms with van der Waals surface area (Å²) < 4.78 is 39.5. The second-order valence-corrected chi connectivity index (χ2v) is 10.5. The Labute approximate surface area is 174 Å². The van der Waals surface area contributed by atoms with Gasteiger partial charge < -0.3 is 9.47 Å². The molecule has 7 heteroatoms. The molecule has 2 saturated carbocycles. The van der Waals surface area contributed by atoms with Crippen LogP contribution in [0.3, 0.4) is 0 Å². The molecule has 6 nitrogen and oxygen atoms in total. The Morgan fingerprint density at radius 1 is 1.14 bits per heavy atom. The number of fused-ring (bicyclic) bond motifs is 2. The predicted molar refractivity (Wildman–Crippen MR) is 113 cm³/mol. The molecule has 0 aromatic heterocycles. The minimum Gasteiger partial charge on any atom is -0.490 e. The van der Waals surface area contributed by atoms with Crippen molar-refractivity contribution in [2.24, 2.45) is 16.7 Å². The van der Waals surface area contributed by atoms with E-state index in [2.05, 4.69) is 18.6 Å². The number of nitrogens with one attached hydrogen (secondary N) is 1. The third-order valence-electron chi connectivity index (χ3n) is 6.92. The summed E-state index contributed by atoms with van der Waals surface area (Å²) in [5, 5.41) is 0. The largest absolute Gasteiger partial charge is 0.490 e. The van der Waals surface area contributed by atoms with Crippen molar-refractivity contribution in [2.45, 2.75) is 53.4 Å². The van der Waals surface area contributed by atoms with E-state index in [1.165, 1.54) is 0 Å². The second-order valence-electron chi connectivity index (χ2n) is 8.72. The molecule has 162 valence electrons. The van der Waals surface area contributed by atoms with Gasteiger partial charge in [0.05, 0.1) is 19.0 Å². The fourth-order valence-corrected chi connectivity index (χ4v) is 6.93. The Kier molecular flexibility index (Phi) is 6.30. The number of hydrogen-bond donors (Lipinski definition) is 1. The molecule has 2 atom stereocenters. The highest BCUT2D eigenvalue weighted by Crippen LogP contribution is 2.64. The summed E-state index contributed by atoms with van der Waals surface area (Å²) in [6.07, 6.45) is 2.69. The lowest BCUT2D eigenvalue weighted by molar-refractivity contribution is -0.128. The zero-order chi connectivity index (χ0) is 21.3. The normalized spacial score (nSPS) is 25.4. The van der Waals surface area contributed by atoms with Crippen LogP contribution in [-0.2, 0) is 21.2 Å². The van der Waals surface area contributed by atoms with Gasteiger partial charge >= 0.3 is 0 Å². The molecule has 2 aliphatic carbocycles. The number of ketones is 1. The molecular weight excluding hydrogens is 390 g/mol. The highest BCUT2D eigenvalue weighted by molar-refractivity contribution is 7.89. The number of Topliss-reactive ketones (excluding diaryl/α,β-unsaturated/α-hetero) is 1. The zero-order valence-corrected chi connectivity index (χ0v) is 18.7. The average Bonchev–Trinajstić information content (AvgIpc) is 2.98. The lowest BCUT2D eigenvalue weighted by Crippen LogP contribution is -2.45. The summed E-state index contributed by atoms with van der Waals surface area (Å²) in [4.78, 5) is 12.6. The average molecular weight is 424 g/mol. The first kappa shape index (κ1) is 22.1. The van der Waals surface area contributed by atoms with Crippen LogP contribution in [0.4, 0.5) is 0 Å². The number of sulfonamides is 1. The molecule has 1 aromatic carbocycles. The van der Waals surface area contributed by atoms with E-state index < -0.39 is 15.4 Å². The fourth-order valence-electron chi connectivity index (χ4n) is 5.09. The third kappa shape index (κ3) is 4.17. The van der Waals surface area contributed by atoms with Crippen LogP contribution in [0.15, 0.2) is 18.2 Å². The smallest absolute Gasteiger partial charge is 0.212 e. The van der Waals surface area contributed by atoms with Gasteiger partial charge in [0.1, 0.15) is 5.78 Å². The van der Waals surface area contributed by atoms with Crippen LogP contribution in [0, 0.1) is 16.7 Å². The van der Waals surface area contributed by atoms with Crippen molar-refractivity contribution in [1.29, 1.82) is 0 Å². The molecule has 0 radical (unpaired) electrons. The zero-order valence-electron chi connectivity index (χ0n) is 17.9. The maximum Gasteiger partial charge on any atom is 0.212 e. The fraction of sp³-hybridized carbons (Fsp3) is 0.682. The lowest BCUT2D eigenvalue weighted by atomic mass is 9.70. The summed E-state index contributed by atoms with van der Waals surface area (Å²) in [5.41, 5.74) is -0.0126. The quantitative estimate of drug-likeness (QED) is 0.624. The summed E-state index contributed by atoms with van der Waals surface area (Å²) in [5.74, 6) is 1.69. The van der Waals surface area contributed by atoms with Crippen LogP contribution >= 0.6 is 0 Å².